The Morgan fingerprint density at radius 1 is 1.00 bits per heavy atom. The Labute approximate surface area is 155 Å². The van der Waals surface area contributed by atoms with Crippen LogP contribution in [0.2, 0.25) is 0 Å². The lowest BCUT2D eigenvalue weighted by Gasteiger charge is -2.20. The van der Waals surface area contributed by atoms with Gasteiger partial charge >= 0.3 is 0 Å². The maximum Gasteiger partial charge on any atom is 0.262 e. The predicted octanol–water partition coefficient (Wildman–Crippen LogP) is 3.15. The summed E-state index contributed by atoms with van der Waals surface area (Å²) in [6.45, 7) is 4.14. The molecule has 3 aromatic carbocycles. The summed E-state index contributed by atoms with van der Waals surface area (Å²) >= 11 is 0. The van der Waals surface area contributed by atoms with Gasteiger partial charge in [-0.15, -0.1) is 0 Å². The van der Waals surface area contributed by atoms with E-state index in [-0.39, 0.29) is 18.2 Å². The number of nitrogens with one attached hydrogen (secondary N) is 2. The van der Waals surface area contributed by atoms with Crippen LogP contribution in [0, 0.1) is 0 Å². The molecule has 0 spiro atoms. The number of amides is 1. The first-order chi connectivity index (χ1) is 12.9. The highest BCUT2D eigenvalue weighted by molar-refractivity contribution is 5.96. The summed E-state index contributed by atoms with van der Waals surface area (Å²) in [5.74, 6) is 0.667. The van der Waals surface area contributed by atoms with E-state index in [0.29, 0.717) is 28.5 Å². The van der Waals surface area contributed by atoms with Crippen LogP contribution in [0.1, 0.15) is 25.3 Å². The molecule has 136 valence electrons. The minimum atomic E-state index is -0.537. The summed E-state index contributed by atoms with van der Waals surface area (Å²) in [6, 6.07) is 12.8. The van der Waals surface area contributed by atoms with Crippen molar-refractivity contribution in [3.05, 3.63) is 68.5 Å². The van der Waals surface area contributed by atoms with Crippen molar-refractivity contribution in [2.75, 3.05) is 17.2 Å². The molecule has 3 aromatic rings. The third-order valence-corrected chi connectivity index (χ3v) is 4.66. The van der Waals surface area contributed by atoms with Crippen molar-refractivity contribution in [1.82, 2.24) is 0 Å². The fraction of sp³-hybridized carbons (Fsp3) is 0.190. The number of hydrogen-bond acceptors (Lipinski definition) is 5. The summed E-state index contributed by atoms with van der Waals surface area (Å²) < 4.78 is 5.40. The number of benzene rings is 2. The van der Waals surface area contributed by atoms with Crippen molar-refractivity contribution in [1.29, 1.82) is 0 Å². The molecule has 6 nitrogen and oxygen atoms in total. The quantitative estimate of drug-likeness (QED) is 0.697. The number of hydrogen-bond donors (Lipinski definition) is 2. The molecule has 0 bridgehead atoms. The third kappa shape index (κ3) is 2.99. The molecule has 0 unspecified atom stereocenters. The van der Waals surface area contributed by atoms with E-state index in [1.807, 2.05) is 24.3 Å². The normalized spacial score (nSPS) is 13.2. The van der Waals surface area contributed by atoms with Crippen LogP contribution >= 0.6 is 0 Å². The van der Waals surface area contributed by atoms with Gasteiger partial charge in [-0.05, 0) is 41.3 Å². The van der Waals surface area contributed by atoms with E-state index in [2.05, 4.69) is 24.5 Å². The molecule has 27 heavy (non-hydrogen) atoms. The van der Waals surface area contributed by atoms with E-state index in [0.717, 1.165) is 5.69 Å². The smallest absolute Gasteiger partial charge is 0.262 e. The maximum atomic E-state index is 12.2. The molecular weight excluding hydrogens is 344 g/mol. The van der Waals surface area contributed by atoms with Crippen molar-refractivity contribution in [3.63, 3.8) is 0 Å². The second-order valence-corrected chi connectivity index (χ2v) is 6.86. The predicted molar refractivity (Wildman–Crippen MR) is 105 cm³/mol. The molecule has 0 radical (unpaired) electrons. The summed E-state index contributed by atoms with van der Waals surface area (Å²) in [6.07, 6.45) is 0. The lowest BCUT2D eigenvalue weighted by molar-refractivity contribution is -0.118. The van der Waals surface area contributed by atoms with Gasteiger partial charge in [-0.1, -0.05) is 32.0 Å². The molecule has 2 N–H and O–H groups in total. The lowest BCUT2D eigenvalue weighted by Crippen LogP contribution is -2.35. The highest BCUT2D eigenvalue weighted by atomic mass is 16.5. The second kappa shape index (κ2) is 6.39. The van der Waals surface area contributed by atoms with E-state index >= 15 is 0 Å². The van der Waals surface area contributed by atoms with Crippen LogP contribution in [0.15, 0.2) is 52.1 Å². The average Bonchev–Trinajstić information content (AvgIpc) is 2.67. The van der Waals surface area contributed by atoms with Crippen LogP contribution in [0.25, 0.3) is 11.1 Å². The number of carbonyl (C=O) groups is 1. The van der Waals surface area contributed by atoms with E-state index in [4.69, 9.17) is 4.74 Å². The van der Waals surface area contributed by atoms with E-state index in [9.17, 15) is 14.4 Å². The Morgan fingerprint density at radius 2 is 1.74 bits per heavy atom. The van der Waals surface area contributed by atoms with Crippen molar-refractivity contribution in [2.24, 2.45) is 0 Å². The van der Waals surface area contributed by atoms with Crippen LogP contribution < -0.4 is 26.2 Å². The monoisotopic (exact) mass is 362 g/mol. The summed E-state index contributed by atoms with van der Waals surface area (Å²) in [7, 11) is 0. The number of fused-ring (bicyclic) bond motifs is 1. The molecule has 0 aromatic heterocycles. The average molecular weight is 362 g/mol. The Balaban J connectivity index is 1.66. The topological polar surface area (TPSA) is 84.5 Å². The third-order valence-electron chi connectivity index (χ3n) is 4.66. The molecule has 0 aliphatic carbocycles. The van der Waals surface area contributed by atoms with Gasteiger partial charge in [0.15, 0.2) is 6.61 Å². The largest absolute Gasteiger partial charge is 0.482 e. The Hall–Kier alpha value is -3.41. The summed E-state index contributed by atoms with van der Waals surface area (Å²) in [5, 5.41) is 5.76. The zero-order valence-electron chi connectivity index (χ0n) is 15.0. The first-order valence-corrected chi connectivity index (χ1v) is 8.71. The molecule has 1 aliphatic rings. The van der Waals surface area contributed by atoms with Gasteiger partial charge in [0.2, 0.25) is 5.43 Å². The van der Waals surface area contributed by atoms with Gasteiger partial charge in [-0.25, -0.2) is 0 Å². The van der Waals surface area contributed by atoms with Gasteiger partial charge < -0.3 is 15.4 Å². The lowest BCUT2D eigenvalue weighted by atomic mass is 9.97. The molecule has 0 saturated heterocycles. The second-order valence-electron chi connectivity index (χ2n) is 6.86. The standard InChI is InChI=1S/C21H18N2O4/c1-11(2)12-3-6-14(7-4-12)22-19-18(20(25)21(19)26)13-5-8-15-16(9-13)27-10-17(24)23-15/h3-9,11,22H,10H2,1-2H3,(H,23,24). The van der Waals surface area contributed by atoms with Gasteiger partial charge in [-0.2, -0.15) is 0 Å². The summed E-state index contributed by atoms with van der Waals surface area (Å²) in [5.41, 5.74) is 2.60. The van der Waals surface area contributed by atoms with E-state index in [1.165, 1.54) is 5.56 Å². The molecule has 1 amide bonds. The van der Waals surface area contributed by atoms with Gasteiger partial charge in [0.1, 0.15) is 11.4 Å². The van der Waals surface area contributed by atoms with Crippen molar-refractivity contribution < 1.29 is 9.53 Å². The zero-order chi connectivity index (χ0) is 19.1. The van der Waals surface area contributed by atoms with Crippen LogP contribution in [0.4, 0.5) is 17.1 Å². The highest BCUT2D eigenvalue weighted by Crippen LogP contribution is 2.34. The van der Waals surface area contributed by atoms with Gasteiger partial charge in [0, 0.05) is 5.69 Å². The minimum absolute atomic E-state index is 0.0737. The van der Waals surface area contributed by atoms with Gasteiger partial charge in [0.25, 0.3) is 11.3 Å². The van der Waals surface area contributed by atoms with Crippen LogP contribution in [-0.2, 0) is 4.79 Å². The van der Waals surface area contributed by atoms with Crippen LogP contribution in [0.5, 0.6) is 5.75 Å². The van der Waals surface area contributed by atoms with Crippen LogP contribution in [0.3, 0.4) is 0 Å². The Morgan fingerprint density at radius 3 is 2.44 bits per heavy atom. The molecule has 0 saturated carbocycles. The number of carbonyl (C=O) groups excluding carboxylic acids is 1. The SMILES string of the molecule is CC(C)c1ccc(Nc2c(-c3ccc4c(c3)OCC(=O)N4)c(=O)c2=O)cc1. The Kier molecular flexibility index (Phi) is 4.03. The van der Waals surface area contributed by atoms with Gasteiger partial charge in [0.05, 0.1) is 11.3 Å². The first kappa shape index (κ1) is 17.0. The minimum Gasteiger partial charge on any atom is -0.482 e. The maximum absolute atomic E-state index is 12.2. The Bertz CT molecular complexity index is 1110. The zero-order valence-corrected chi connectivity index (χ0v) is 15.0. The number of rotatable bonds is 4. The fourth-order valence-electron chi connectivity index (χ4n) is 3.11. The van der Waals surface area contributed by atoms with Crippen molar-refractivity contribution in [3.8, 4) is 16.9 Å². The number of anilines is 3. The molecule has 1 heterocycles. The van der Waals surface area contributed by atoms with Crippen molar-refractivity contribution >= 4 is 23.0 Å². The first-order valence-electron chi connectivity index (χ1n) is 8.71. The van der Waals surface area contributed by atoms with Gasteiger partial charge in [-0.3, -0.25) is 14.4 Å². The molecule has 4 rings (SSSR count). The number of ether oxygens (including phenoxy) is 1. The van der Waals surface area contributed by atoms with Crippen molar-refractivity contribution in [2.45, 2.75) is 19.8 Å². The summed E-state index contributed by atoms with van der Waals surface area (Å²) in [4.78, 5) is 35.6. The molecule has 0 atom stereocenters. The van der Waals surface area contributed by atoms with E-state index < -0.39 is 10.9 Å². The van der Waals surface area contributed by atoms with Crippen LogP contribution in [-0.4, -0.2) is 12.5 Å². The molecule has 1 aliphatic heterocycles. The fourth-order valence-corrected chi connectivity index (χ4v) is 3.11. The molecule has 0 fully saturated rings. The molecular formula is C21H18N2O4. The molecule has 6 heteroatoms. The van der Waals surface area contributed by atoms with E-state index in [1.54, 1.807) is 18.2 Å². The highest BCUT2D eigenvalue weighted by Gasteiger charge is 2.24.